The number of hydrogen-bond acceptors (Lipinski definition) is 1. The first-order valence-electron chi connectivity index (χ1n) is 8.19. The fourth-order valence-electron chi connectivity index (χ4n) is 2.49. The Morgan fingerprint density at radius 2 is 1.91 bits per heavy atom. The molecule has 120 valence electrons. The van der Waals surface area contributed by atoms with Gasteiger partial charge in [0.05, 0.1) is 5.56 Å². The van der Waals surface area contributed by atoms with E-state index in [0.717, 1.165) is 23.5 Å². The number of aromatic carboxylic acids is 1. The van der Waals surface area contributed by atoms with Crippen molar-refractivity contribution >= 4 is 18.1 Å². The van der Waals surface area contributed by atoms with Gasteiger partial charge in [-0.2, -0.15) is 0 Å². The summed E-state index contributed by atoms with van der Waals surface area (Å²) in [4.78, 5) is 11.2. The zero-order chi connectivity index (χ0) is 16.7. The summed E-state index contributed by atoms with van der Waals surface area (Å²) in [6.07, 6.45) is 7.35. The summed E-state index contributed by atoms with van der Waals surface area (Å²) in [5, 5.41) is 9.22. The first-order chi connectivity index (χ1) is 11.1. The molecule has 0 aliphatic carbocycles. The van der Waals surface area contributed by atoms with Crippen LogP contribution < -0.4 is 0 Å². The van der Waals surface area contributed by atoms with Crippen molar-refractivity contribution in [2.75, 3.05) is 0 Å². The molecule has 1 atom stereocenters. The van der Waals surface area contributed by atoms with Crippen LogP contribution >= 0.6 is 0 Å². The average molecular weight is 308 g/mol. The van der Waals surface area contributed by atoms with Gasteiger partial charge in [0, 0.05) is 0 Å². The highest BCUT2D eigenvalue weighted by Gasteiger charge is 2.06. The largest absolute Gasteiger partial charge is 0.478 e. The number of benzene rings is 2. The number of hydrogen-bond donors (Lipinski definition) is 1. The third-order valence-electron chi connectivity index (χ3n) is 4.22. The van der Waals surface area contributed by atoms with Crippen molar-refractivity contribution in [3.05, 3.63) is 70.8 Å². The highest BCUT2D eigenvalue weighted by Crippen LogP contribution is 2.17. The maximum Gasteiger partial charge on any atom is 0.336 e. The average Bonchev–Trinajstić information content (AvgIpc) is 2.58. The molecule has 2 rings (SSSR count). The van der Waals surface area contributed by atoms with Gasteiger partial charge in [0.25, 0.3) is 0 Å². The molecule has 2 nitrogen and oxygen atoms in total. The molecule has 2 heteroatoms. The quantitative estimate of drug-likeness (QED) is 0.682. The normalized spacial score (nSPS) is 12.4. The van der Waals surface area contributed by atoms with Crippen LogP contribution in [0.5, 0.6) is 0 Å². The molecule has 2 aromatic carbocycles. The zero-order valence-corrected chi connectivity index (χ0v) is 13.8. The molecule has 0 saturated heterocycles. The molecule has 23 heavy (non-hydrogen) atoms. The van der Waals surface area contributed by atoms with Crippen molar-refractivity contribution < 1.29 is 9.90 Å². The second-order valence-electron chi connectivity index (χ2n) is 6.02. The molecule has 0 amide bonds. The van der Waals surface area contributed by atoms with Crippen molar-refractivity contribution in [1.82, 2.24) is 0 Å². The molecule has 0 fully saturated rings. The van der Waals surface area contributed by atoms with Crippen molar-refractivity contribution in [3.8, 4) is 0 Å². The highest BCUT2D eigenvalue weighted by molar-refractivity contribution is 5.93. The molecule has 0 spiro atoms. The Morgan fingerprint density at radius 1 is 1.13 bits per heavy atom. The van der Waals surface area contributed by atoms with Crippen LogP contribution in [0.3, 0.4) is 0 Å². The van der Waals surface area contributed by atoms with E-state index in [1.54, 1.807) is 12.1 Å². The minimum Gasteiger partial charge on any atom is -0.478 e. The Morgan fingerprint density at radius 3 is 2.65 bits per heavy atom. The van der Waals surface area contributed by atoms with E-state index >= 15 is 0 Å². The Kier molecular flexibility index (Phi) is 6.16. The van der Waals surface area contributed by atoms with Crippen LogP contribution in [0.25, 0.3) is 12.2 Å². The summed E-state index contributed by atoms with van der Waals surface area (Å²) < 4.78 is 0. The molecule has 0 saturated carbocycles. The predicted molar refractivity (Wildman–Crippen MR) is 96.5 cm³/mol. The number of carboxylic acid groups (broad SMARTS) is 1. The molecule has 0 heterocycles. The van der Waals surface area contributed by atoms with Gasteiger partial charge in [0.2, 0.25) is 0 Å². The van der Waals surface area contributed by atoms with Crippen LogP contribution in [0.1, 0.15) is 53.7 Å². The maximum absolute atomic E-state index is 11.2. The molecular weight excluding hydrogens is 284 g/mol. The van der Waals surface area contributed by atoms with Gasteiger partial charge < -0.3 is 5.11 Å². The van der Waals surface area contributed by atoms with Crippen LogP contribution in [0, 0.1) is 5.92 Å². The summed E-state index contributed by atoms with van der Waals surface area (Å²) in [5.74, 6) is -0.149. The lowest BCUT2D eigenvalue weighted by atomic mass is 9.98. The molecule has 1 N–H and O–H groups in total. The number of carboxylic acids is 1. The second kappa shape index (κ2) is 8.33. The van der Waals surface area contributed by atoms with E-state index in [4.69, 9.17) is 0 Å². The van der Waals surface area contributed by atoms with Gasteiger partial charge in [-0.05, 0) is 41.5 Å². The van der Waals surface area contributed by atoms with E-state index in [0.29, 0.717) is 5.56 Å². The van der Waals surface area contributed by atoms with E-state index in [9.17, 15) is 9.90 Å². The summed E-state index contributed by atoms with van der Waals surface area (Å²) in [6.45, 7) is 4.51. The molecule has 0 aromatic heterocycles. The van der Waals surface area contributed by atoms with Gasteiger partial charge in [-0.1, -0.05) is 74.9 Å². The summed E-state index contributed by atoms with van der Waals surface area (Å²) in [7, 11) is 0. The Labute approximate surface area is 138 Å². The Hall–Kier alpha value is -2.35. The van der Waals surface area contributed by atoms with Crippen molar-refractivity contribution in [2.45, 2.75) is 33.1 Å². The lowest BCUT2D eigenvalue weighted by Gasteiger charge is -2.08. The van der Waals surface area contributed by atoms with Gasteiger partial charge in [0.1, 0.15) is 0 Å². The maximum atomic E-state index is 11.2. The van der Waals surface area contributed by atoms with Crippen molar-refractivity contribution in [2.24, 2.45) is 5.92 Å². The first-order valence-corrected chi connectivity index (χ1v) is 8.19. The zero-order valence-electron chi connectivity index (χ0n) is 13.8. The lowest BCUT2D eigenvalue weighted by molar-refractivity contribution is 0.0696. The van der Waals surface area contributed by atoms with Crippen molar-refractivity contribution in [3.63, 3.8) is 0 Å². The monoisotopic (exact) mass is 308 g/mol. The Bertz CT molecular complexity index is 686. The molecule has 0 aliphatic heterocycles. The van der Waals surface area contributed by atoms with Crippen LogP contribution in [-0.2, 0) is 6.42 Å². The van der Waals surface area contributed by atoms with Crippen molar-refractivity contribution in [1.29, 1.82) is 0 Å². The third kappa shape index (κ3) is 5.10. The van der Waals surface area contributed by atoms with Crippen LogP contribution in [-0.4, -0.2) is 11.1 Å². The third-order valence-corrected chi connectivity index (χ3v) is 4.22. The molecule has 0 aliphatic rings. The van der Waals surface area contributed by atoms with E-state index < -0.39 is 5.97 Å². The van der Waals surface area contributed by atoms with E-state index in [2.05, 4.69) is 32.0 Å². The molecule has 0 bridgehead atoms. The Balaban J connectivity index is 2.13. The van der Waals surface area contributed by atoms with Crippen LogP contribution in [0.4, 0.5) is 0 Å². The standard InChI is InChI=1S/C21H24O2/c1-3-16(2)11-12-17-7-6-8-18(15-17)13-14-19-9-4-5-10-20(19)21(22)23/h4-10,13-16H,3,11-12H2,1-2H3,(H,22,23)/b14-13+. The topological polar surface area (TPSA) is 37.3 Å². The van der Waals surface area contributed by atoms with Gasteiger partial charge in [-0.25, -0.2) is 4.79 Å². The van der Waals surface area contributed by atoms with Gasteiger partial charge in [0.15, 0.2) is 0 Å². The highest BCUT2D eigenvalue weighted by atomic mass is 16.4. The van der Waals surface area contributed by atoms with E-state index in [-0.39, 0.29) is 0 Å². The minimum atomic E-state index is -0.896. The van der Waals surface area contributed by atoms with Crippen LogP contribution in [0.2, 0.25) is 0 Å². The summed E-state index contributed by atoms with van der Waals surface area (Å²) >= 11 is 0. The molecule has 2 aromatic rings. The number of aryl methyl sites for hydroxylation is 1. The summed E-state index contributed by atoms with van der Waals surface area (Å²) in [6, 6.07) is 15.5. The van der Waals surface area contributed by atoms with Gasteiger partial charge >= 0.3 is 5.97 Å². The van der Waals surface area contributed by atoms with E-state index in [1.807, 2.05) is 30.4 Å². The fraction of sp³-hybridized carbons (Fsp3) is 0.286. The first kappa shape index (κ1) is 17.0. The fourth-order valence-corrected chi connectivity index (χ4v) is 2.49. The van der Waals surface area contributed by atoms with E-state index in [1.165, 1.54) is 18.4 Å². The summed E-state index contributed by atoms with van der Waals surface area (Å²) in [5.41, 5.74) is 3.49. The minimum absolute atomic E-state index is 0.330. The SMILES string of the molecule is CCC(C)CCc1cccc(/C=C/c2ccccc2C(=O)O)c1. The molecule has 0 radical (unpaired) electrons. The number of carbonyl (C=O) groups is 1. The molecule has 1 unspecified atom stereocenters. The number of rotatable bonds is 7. The predicted octanol–water partition coefficient (Wildman–Crippen LogP) is 5.53. The van der Waals surface area contributed by atoms with Crippen LogP contribution in [0.15, 0.2) is 48.5 Å². The molecular formula is C21H24O2. The van der Waals surface area contributed by atoms with Gasteiger partial charge in [-0.3, -0.25) is 0 Å². The van der Waals surface area contributed by atoms with Gasteiger partial charge in [-0.15, -0.1) is 0 Å². The lowest BCUT2D eigenvalue weighted by Crippen LogP contribution is -1.98. The smallest absolute Gasteiger partial charge is 0.336 e. The second-order valence-corrected chi connectivity index (χ2v) is 6.02.